The van der Waals surface area contributed by atoms with Gasteiger partial charge in [-0.25, -0.2) is 4.79 Å². The van der Waals surface area contributed by atoms with Crippen LogP contribution < -0.4 is 9.64 Å². The summed E-state index contributed by atoms with van der Waals surface area (Å²) in [4.78, 5) is 24.4. The molecule has 0 bridgehead atoms. The van der Waals surface area contributed by atoms with E-state index in [9.17, 15) is 14.9 Å². The molecule has 0 fully saturated rings. The summed E-state index contributed by atoms with van der Waals surface area (Å²) in [7, 11) is 3.50. The number of rotatable bonds is 7. The van der Waals surface area contributed by atoms with Crippen molar-refractivity contribution in [2.24, 2.45) is 0 Å². The molecule has 0 N–H and O–H groups in total. The average Bonchev–Trinajstić information content (AvgIpc) is 2.59. The summed E-state index contributed by atoms with van der Waals surface area (Å²) in [5, 5.41) is 10.9. The lowest BCUT2D eigenvalue weighted by Gasteiger charge is -2.16. The van der Waals surface area contributed by atoms with Gasteiger partial charge in [0.1, 0.15) is 19.0 Å². The summed E-state index contributed by atoms with van der Waals surface area (Å²) in [5.74, 6) is 0.101. The third-order valence-corrected chi connectivity index (χ3v) is 3.56. The Hall–Kier alpha value is -3.09. The summed E-state index contributed by atoms with van der Waals surface area (Å²) >= 11 is 0. The number of hydrogen-bond donors (Lipinski definition) is 0. The summed E-state index contributed by atoms with van der Waals surface area (Å²) in [5.41, 5.74) is 1.53. The second-order valence-corrected chi connectivity index (χ2v) is 5.60. The Morgan fingerprint density at radius 2 is 1.88 bits per heavy atom. The number of hydrogen-bond acceptors (Lipinski definition) is 6. The van der Waals surface area contributed by atoms with E-state index in [1.807, 2.05) is 31.2 Å². The average molecular weight is 344 g/mol. The zero-order valence-electron chi connectivity index (χ0n) is 14.4. The molecule has 0 aliphatic rings. The Balaban J connectivity index is 2.01. The fraction of sp³-hybridized carbons (Fsp3) is 0.278. The maximum Gasteiger partial charge on any atom is 0.340 e. The highest BCUT2D eigenvalue weighted by Gasteiger charge is 2.19. The van der Waals surface area contributed by atoms with E-state index < -0.39 is 10.9 Å². The first-order valence-corrected chi connectivity index (χ1v) is 7.71. The number of nitrogens with zero attached hydrogens (tertiary/aromatic N) is 2. The first kappa shape index (κ1) is 18.3. The van der Waals surface area contributed by atoms with Crippen LogP contribution in [0.1, 0.15) is 15.9 Å². The fourth-order valence-corrected chi connectivity index (χ4v) is 2.27. The van der Waals surface area contributed by atoms with Crippen LogP contribution in [0.25, 0.3) is 0 Å². The third kappa shape index (κ3) is 4.69. The van der Waals surface area contributed by atoms with Crippen LogP contribution in [-0.4, -0.2) is 38.2 Å². The zero-order valence-corrected chi connectivity index (χ0v) is 14.4. The molecule has 0 aliphatic carbocycles. The Labute approximate surface area is 145 Å². The van der Waals surface area contributed by atoms with Crippen molar-refractivity contribution in [2.75, 3.05) is 32.2 Å². The molecule has 0 unspecified atom stereocenters. The van der Waals surface area contributed by atoms with Crippen LogP contribution in [0, 0.1) is 17.0 Å². The third-order valence-electron chi connectivity index (χ3n) is 3.56. The molecule has 7 nitrogen and oxygen atoms in total. The van der Waals surface area contributed by atoms with Gasteiger partial charge in [0.05, 0.1) is 16.2 Å². The van der Waals surface area contributed by atoms with Gasteiger partial charge in [0, 0.05) is 26.2 Å². The van der Waals surface area contributed by atoms with Gasteiger partial charge >= 0.3 is 5.97 Å². The number of anilines is 1. The van der Waals surface area contributed by atoms with Gasteiger partial charge in [-0.15, -0.1) is 0 Å². The maximum atomic E-state index is 12.3. The van der Waals surface area contributed by atoms with E-state index in [2.05, 4.69) is 0 Å². The van der Waals surface area contributed by atoms with Crippen LogP contribution in [0.2, 0.25) is 0 Å². The minimum Gasteiger partial charge on any atom is -0.490 e. The van der Waals surface area contributed by atoms with E-state index in [1.165, 1.54) is 18.2 Å². The number of nitro groups is 1. The first-order valence-electron chi connectivity index (χ1n) is 7.71. The standard InChI is InChI=1S/C18H20N2O5/c1-13-6-4-5-7-17(13)24-10-11-25-18(21)15-12-14(20(22)23)8-9-16(15)19(2)3/h4-9,12H,10-11H2,1-3H3. The van der Waals surface area contributed by atoms with Crippen molar-refractivity contribution in [3.05, 3.63) is 63.7 Å². The monoisotopic (exact) mass is 344 g/mol. The Morgan fingerprint density at radius 1 is 1.16 bits per heavy atom. The molecule has 132 valence electrons. The van der Waals surface area contributed by atoms with Gasteiger partial charge in [-0.2, -0.15) is 0 Å². The van der Waals surface area contributed by atoms with Crippen LogP contribution in [0.5, 0.6) is 5.75 Å². The molecule has 2 aromatic rings. The van der Waals surface area contributed by atoms with Gasteiger partial charge < -0.3 is 14.4 Å². The van der Waals surface area contributed by atoms with E-state index >= 15 is 0 Å². The largest absolute Gasteiger partial charge is 0.490 e. The van der Waals surface area contributed by atoms with Crippen molar-refractivity contribution < 1.29 is 19.2 Å². The molecule has 0 saturated heterocycles. The van der Waals surface area contributed by atoms with Crippen molar-refractivity contribution in [3.63, 3.8) is 0 Å². The van der Waals surface area contributed by atoms with Gasteiger partial charge in [0.15, 0.2) is 0 Å². The van der Waals surface area contributed by atoms with Crippen molar-refractivity contribution in [2.45, 2.75) is 6.92 Å². The topological polar surface area (TPSA) is 81.9 Å². The van der Waals surface area contributed by atoms with Crippen LogP contribution in [-0.2, 0) is 4.74 Å². The molecule has 0 radical (unpaired) electrons. The molecule has 0 aromatic heterocycles. The molecule has 7 heteroatoms. The van der Waals surface area contributed by atoms with E-state index in [4.69, 9.17) is 9.47 Å². The highest BCUT2D eigenvalue weighted by atomic mass is 16.6. The molecule has 2 rings (SSSR count). The van der Waals surface area contributed by atoms with Crippen molar-refractivity contribution >= 4 is 17.3 Å². The second kappa shape index (κ2) is 8.14. The fourth-order valence-electron chi connectivity index (χ4n) is 2.27. The number of nitro benzene ring substituents is 1. The predicted molar refractivity (Wildman–Crippen MR) is 94.4 cm³/mol. The summed E-state index contributed by atoms with van der Waals surface area (Å²) in [6, 6.07) is 11.6. The SMILES string of the molecule is Cc1ccccc1OCCOC(=O)c1cc([N+](=O)[O-])ccc1N(C)C. The number of ether oxygens (including phenoxy) is 2. The summed E-state index contributed by atoms with van der Waals surface area (Å²) in [6.07, 6.45) is 0. The second-order valence-electron chi connectivity index (χ2n) is 5.60. The Morgan fingerprint density at radius 3 is 2.52 bits per heavy atom. The number of carbonyl (C=O) groups is 1. The lowest BCUT2D eigenvalue weighted by atomic mass is 10.1. The number of benzene rings is 2. The molecule has 0 saturated carbocycles. The van der Waals surface area contributed by atoms with Gasteiger partial charge in [-0.3, -0.25) is 10.1 Å². The highest BCUT2D eigenvalue weighted by Crippen LogP contribution is 2.25. The van der Waals surface area contributed by atoms with Gasteiger partial charge in [-0.1, -0.05) is 18.2 Å². The number of esters is 1. The van der Waals surface area contributed by atoms with Crippen LogP contribution >= 0.6 is 0 Å². The number of aryl methyl sites for hydroxylation is 1. The molecular weight excluding hydrogens is 324 g/mol. The van der Waals surface area contributed by atoms with Crippen molar-refractivity contribution in [3.8, 4) is 5.75 Å². The molecule has 25 heavy (non-hydrogen) atoms. The Kier molecular flexibility index (Phi) is 5.94. The number of para-hydroxylation sites is 1. The minimum absolute atomic E-state index is 0.0444. The van der Waals surface area contributed by atoms with E-state index in [0.717, 1.165) is 11.3 Å². The minimum atomic E-state index is -0.624. The summed E-state index contributed by atoms with van der Waals surface area (Å²) in [6.45, 7) is 2.17. The molecule has 0 atom stereocenters. The van der Waals surface area contributed by atoms with Crippen molar-refractivity contribution in [1.29, 1.82) is 0 Å². The molecule has 0 aliphatic heterocycles. The normalized spacial score (nSPS) is 10.2. The maximum absolute atomic E-state index is 12.3. The quantitative estimate of drug-likeness (QED) is 0.332. The number of non-ortho nitro benzene ring substituents is 1. The predicted octanol–water partition coefficient (Wildman–Crippen LogP) is 3.21. The van der Waals surface area contributed by atoms with E-state index in [0.29, 0.717) is 5.69 Å². The highest BCUT2D eigenvalue weighted by molar-refractivity contribution is 5.96. The van der Waals surface area contributed by atoms with Crippen molar-refractivity contribution in [1.82, 2.24) is 0 Å². The molecule has 0 amide bonds. The zero-order chi connectivity index (χ0) is 18.4. The van der Waals surface area contributed by atoms with Gasteiger partial charge in [-0.05, 0) is 24.6 Å². The van der Waals surface area contributed by atoms with Crippen LogP contribution in [0.3, 0.4) is 0 Å². The van der Waals surface area contributed by atoms with Crippen LogP contribution in [0.15, 0.2) is 42.5 Å². The molecule has 2 aromatic carbocycles. The Bertz CT molecular complexity index is 774. The number of carbonyl (C=O) groups excluding carboxylic acids is 1. The van der Waals surface area contributed by atoms with Gasteiger partial charge in [0.2, 0.25) is 0 Å². The molecule has 0 heterocycles. The van der Waals surface area contributed by atoms with E-state index in [1.54, 1.807) is 19.0 Å². The first-order chi connectivity index (χ1) is 11.9. The van der Waals surface area contributed by atoms with E-state index in [-0.39, 0.29) is 24.5 Å². The lowest BCUT2D eigenvalue weighted by molar-refractivity contribution is -0.384. The van der Waals surface area contributed by atoms with Crippen LogP contribution in [0.4, 0.5) is 11.4 Å². The molecular formula is C18H20N2O5. The lowest BCUT2D eigenvalue weighted by Crippen LogP contribution is -2.18. The van der Waals surface area contributed by atoms with Gasteiger partial charge in [0.25, 0.3) is 5.69 Å². The summed E-state index contributed by atoms with van der Waals surface area (Å²) < 4.78 is 10.8. The smallest absolute Gasteiger partial charge is 0.340 e. The molecule has 0 spiro atoms.